The summed E-state index contributed by atoms with van der Waals surface area (Å²) in [7, 11) is 0. The van der Waals surface area contributed by atoms with Crippen LogP contribution in [0.3, 0.4) is 0 Å². The lowest BCUT2D eigenvalue weighted by Gasteiger charge is -2.46. The topological polar surface area (TPSA) is 32.8 Å². The Morgan fingerprint density at radius 3 is 2.73 bits per heavy atom. The second-order valence-corrected chi connectivity index (χ2v) is 8.76. The summed E-state index contributed by atoms with van der Waals surface area (Å²) in [6.45, 7) is 4.25. The van der Waals surface area contributed by atoms with Crippen molar-refractivity contribution in [1.82, 2.24) is 9.80 Å². The summed E-state index contributed by atoms with van der Waals surface area (Å²) in [5, 5.41) is 2.19. The van der Waals surface area contributed by atoms with Crippen molar-refractivity contribution in [2.24, 2.45) is 0 Å². The van der Waals surface area contributed by atoms with Crippen molar-refractivity contribution in [1.29, 1.82) is 0 Å². The fourth-order valence-electron chi connectivity index (χ4n) is 4.08. The van der Waals surface area contributed by atoms with Crippen LogP contribution in [0, 0.1) is 0 Å². The predicted octanol–water partition coefficient (Wildman–Crippen LogP) is 4.63. The molecule has 4 nitrogen and oxygen atoms in total. The zero-order valence-corrected chi connectivity index (χ0v) is 18.3. The Labute approximate surface area is 187 Å². The number of benzene rings is 2. The molecule has 1 fully saturated rings. The molecule has 0 unspecified atom stereocenters. The normalized spacial score (nSPS) is 16.3. The number of amides is 1. The third-order valence-electron chi connectivity index (χ3n) is 5.83. The summed E-state index contributed by atoms with van der Waals surface area (Å²) < 4.78 is 5.88. The number of nitrogens with zero attached hydrogens (tertiary/aromatic N) is 2. The van der Waals surface area contributed by atoms with Crippen LogP contribution < -0.4 is 4.74 Å². The molecule has 0 radical (unpaired) electrons. The van der Waals surface area contributed by atoms with Crippen molar-refractivity contribution < 1.29 is 9.53 Å². The molecule has 3 heterocycles. The highest BCUT2D eigenvalue weighted by molar-refractivity contribution is 7.10. The van der Waals surface area contributed by atoms with Gasteiger partial charge >= 0.3 is 0 Å². The highest BCUT2D eigenvalue weighted by Gasteiger charge is 2.36. The van der Waals surface area contributed by atoms with Gasteiger partial charge < -0.3 is 9.64 Å². The number of likely N-dealkylation sites (tertiary alicyclic amines) is 1. The Balaban J connectivity index is 0.00000218. The standard InChI is InChI=1S/C24H24N2O2S.ClH/c27-24(19-7-4-8-22(13-19)28-17-18-5-2-1-3-6-18)26-15-21(16-26)25-11-9-23-20(14-25)10-12-29-23;/h1-8,10,12-13,21H,9,11,14-17H2;1H. The van der Waals surface area contributed by atoms with Gasteiger partial charge in [-0.15, -0.1) is 23.7 Å². The lowest BCUT2D eigenvalue weighted by molar-refractivity contribution is 0.0220. The van der Waals surface area contributed by atoms with Gasteiger partial charge in [-0.3, -0.25) is 9.69 Å². The number of carbonyl (C=O) groups is 1. The molecule has 0 bridgehead atoms. The monoisotopic (exact) mass is 440 g/mol. The Kier molecular flexibility index (Phi) is 6.42. The molecule has 1 amide bonds. The van der Waals surface area contributed by atoms with E-state index in [-0.39, 0.29) is 18.3 Å². The molecule has 0 spiro atoms. The molecular formula is C24H25ClN2O2S. The fourth-order valence-corrected chi connectivity index (χ4v) is 4.97. The summed E-state index contributed by atoms with van der Waals surface area (Å²) in [5.41, 5.74) is 3.28. The van der Waals surface area contributed by atoms with Crippen LogP contribution in [0.5, 0.6) is 5.75 Å². The Morgan fingerprint density at radius 1 is 1.07 bits per heavy atom. The first kappa shape index (κ1) is 20.9. The predicted molar refractivity (Wildman–Crippen MR) is 123 cm³/mol. The number of hydrogen-bond donors (Lipinski definition) is 0. The number of ether oxygens (including phenoxy) is 1. The number of fused-ring (bicyclic) bond motifs is 1. The maximum Gasteiger partial charge on any atom is 0.254 e. The second kappa shape index (κ2) is 9.21. The van der Waals surface area contributed by atoms with Crippen LogP contribution in [0.15, 0.2) is 66.0 Å². The average Bonchev–Trinajstić information content (AvgIpc) is 3.20. The highest BCUT2D eigenvalue weighted by atomic mass is 35.5. The minimum absolute atomic E-state index is 0. The van der Waals surface area contributed by atoms with Gasteiger partial charge in [-0.2, -0.15) is 0 Å². The van der Waals surface area contributed by atoms with E-state index in [1.807, 2.05) is 70.8 Å². The molecule has 156 valence electrons. The minimum atomic E-state index is 0. The summed E-state index contributed by atoms with van der Waals surface area (Å²) >= 11 is 1.87. The van der Waals surface area contributed by atoms with Crippen LogP contribution in [0.1, 0.15) is 26.4 Å². The molecule has 6 heteroatoms. The smallest absolute Gasteiger partial charge is 0.254 e. The fraction of sp³-hybridized carbons (Fsp3) is 0.292. The van der Waals surface area contributed by atoms with E-state index in [0.717, 1.165) is 43.9 Å². The maximum atomic E-state index is 12.9. The van der Waals surface area contributed by atoms with Crippen LogP contribution in [0.4, 0.5) is 0 Å². The molecule has 0 N–H and O–H groups in total. The van der Waals surface area contributed by atoms with E-state index in [1.54, 1.807) is 0 Å². The van der Waals surface area contributed by atoms with Crippen molar-refractivity contribution in [2.75, 3.05) is 19.6 Å². The van der Waals surface area contributed by atoms with Crippen LogP contribution in [0.25, 0.3) is 0 Å². The molecule has 1 aromatic heterocycles. The largest absolute Gasteiger partial charge is 0.489 e. The zero-order valence-electron chi connectivity index (χ0n) is 16.7. The number of hydrogen-bond acceptors (Lipinski definition) is 4. The van der Waals surface area contributed by atoms with E-state index in [9.17, 15) is 4.79 Å². The number of rotatable bonds is 5. The summed E-state index contributed by atoms with van der Waals surface area (Å²) in [6, 6.07) is 20.3. The first-order valence-electron chi connectivity index (χ1n) is 10.1. The molecule has 0 saturated carbocycles. The van der Waals surface area contributed by atoms with Gasteiger partial charge in [0, 0.05) is 42.7 Å². The molecule has 2 aliphatic rings. The summed E-state index contributed by atoms with van der Waals surface area (Å²) in [5.74, 6) is 0.831. The van der Waals surface area contributed by atoms with Crippen molar-refractivity contribution in [3.63, 3.8) is 0 Å². The van der Waals surface area contributed by atoms with Gasteiger partial charge in [0.2, 0.25) is 0 Å². The van der Waals surface area contributed by atoms with Gasteiger partial charge in [0.25, 0.3) is 5.91 Å². The van der Waals surface area contributed by atoms with E-state index in [4.69, 9.17) is 4.74 Å². The van der Waals surface area contributed by atoms with Crippen LogP contribution in [0.2, 0.25) is 0 Å². The van der Waals surface area contributed by atoms with E-state index in [0.29, 0.717) is 18.2 Å². The third kappa shape index (κ3) is 4.38. The van der Waals surface area contributed by atoms with Crippen LogP contribution >= 0.6 is 23.7 Å². The molecule has 2 aliphatic heterocycles. The molecule has 3 aromatic rings. The Bertz CT molecular complexity index is 1000. The van der Waals surface area contributed by atoms with Gasteiger partial charge in [-0.05, 0) is 47.2 Å². The molecule has 0 aliphatic carbocycles. The molecule has 30 heavy (non-hydrogen) atoms. The van der Waals surface area contributed by atoms with E-state index >= 15 is 0 Å². The third-order valence-corrected chi connectivity index (χ3v) is 6.86. The average molecular weight is 441 g/mol. The van der Waals surface area contributed by atoms with Gasteiger partial charge in [0.1, 0.15) is 12.4 Å². The molecular weight excluding hydrogens is 416 g/mol. The Morgan fingerprint density at radius 2 is 1.90 bits per heavy atom. The van der Waals surface area contributed by atoms with Crippen molar-refractivity contribution in [3.05, 3.63) is 87.6 Å². The van der Waals surface area contributed by atoms with Crippen LogP contribution in [-0.2, 0) is 19.6 Å². The number of thiophene rings is 1. The summed E-state index contributed by atoms with van der Waals surface area (Å²) in [6.07, 6.45) is 1.14. The first-order chi connectivity index (χ1) is 14.3. The van der Waals surface area contributed by atoms with Gasteiger partial charge in [0.05, 0.1) is 0 Å². The quantitative estimate of drug-likeness (QED) is 0.579. The molecule has 2 aromatic carbocycles. The van der Waals surface area contributed by atoms with Crippen molar-refractivity contribution in [3.8, 4) is 5.75 Å². The van der Waals surface area contributed by atoms with Gasteiger partial charge in [-0.1, -0.05) is 36.4 Å². The van der Waals surface area contributed by atoms with Crippen molar-refractivity contribution >= 4 is 29.7 Å². The number of carbonyl (C=O) groups excluding carboxylic acids is 1. The lowest BCUT2D eigenvalue weighted by atomic mass is 10.0. The minimum Gasteiger partial charge on any atom is -0.489 e. The Hall–Kier alpha value is -2.34. The highest BCUT2D eigenvalue weighted by Crippen LogP contribution is 2.28. The molecule has 5 rings (SSSR count). The zero-order chi connectivity index (χ0) is 19.6. The SMILES string of the molecule is Cl.O=C(c1cccc(OCc2ccccc2)c1)N1CC(N2CCc3sccc3C2)C1. The molecule has 0 atom stereocenters. The lowest BCUT2D eigenvalue weighted by Crippen LogP contribution is -2.61. The van der Waals surface area contributed by atoms with Gasteiger partial charge in [-0.25, -0.2) is 0 Å². The van der Waals surface area contributed by atoms with E-state index in [2.05, 4.69) is 16.3 Å². The van der Waals surface area contributed by atoms with E-state index in [1.165, 1.54) is 10.4 Å². The van der Waals surface area contributed by atoms with Crippen molar-refractivity contribution in [2.45, 2.75) is 25.6 Å². The molecule has 1 saturated heterocycles. The summed E-state index contributed by atoms with van der Waals surface area (Å²) in [4.78, 5) is 18.9. The van der Waals surface area contributed by atoms with Gasteiger partial charge in [0.15, 0.2) is 0 Å². The second-order valence-electron chi connectivity index (χ2n) is 7.76. The van der Waals surface area contributed by atoms with E-state index < -0.39 is 0 Å². The van der Waals surface area contributed by atoms with Crippen LogP contribution in [-0.4, -0.2) is 41.4 Å². The first-order valence-corrected chi connectivity index (χ1v) is 11.0. The number of halogens is 1. The maximum absolute atomic E-state index is 12.9.